The molecular weight excluding hydrogens is 270 g/mol. The van der Waals surface area contributed by atoms with Crippen molar-refractivity contribution in [2.24, 2.45) is 0 Å². The van der Waals surface area contributed by atoms with Crippen LogP contribution in [0.5, 0.6) is 5.75 Å². The number of rotatable bonds is 3. The van der Waals surface area contributed by atoms with E-state index in [0.29, 0.717) is 23.2 Å². The molecule has 0 saturated carbocycles. The lowest BCUT2D eigenvalue weighted by Gasteiger charge is -2.38. The van der Waals surface area contributed by atoms with Crippen molar-refractivity contribution in [1.82, 2.24) is 0 Å². The van der Waals surface area contributed by atoms with Crippen molar-refractivity contribution in [1.29, 1.82) is 0 Å². The molecule has 0 aliphatic carbocycles. The van der Waals surface area contributed by atoms with Gasteiger partial charge in [0.25, 0.3) is 5.91 Å². The van der Waals surface area contributed by atoms with Crippen LogP contribution in [-0.2, 0) is 4.79 Å². The van der Waals surface area contributed by atoms with Gasteiger partial charge in [-0.05, 0) is 31.7 Å². The number of aliphatic hydroxyl groups is 1. The van der Waals surface area contributed by atoms with E-state index in [2.05, 4.69) is 10.2 Å². The molecular formula is C15H21N3O3. The average molecular weight is 291 g/mol. The Balaban J connectivity index is 1.93. The minimum Gasteiger partial charge on any atom is -0.482 e. The quantitative estimate of drug-likeness (QED) is 0.731. The van der Waals surface area contributed by atoms with Crippen LogP contribution in [0.25, 0.3) is 0 Å². The topological polar surface area (TPSA) is 87.8 Å². The van der Waals surface area contributed by atoms with Crippen molar-refractivity contribution in [3.8, 4) is 5.75 Å². The number of nitrogens with two attached hydrogens (primary N) is 1. The number of piperidine rings is 1. The summed E-state index contributed by atoms with van der Waals surface area (Å²) in [5.41, 5.74) is 8.40. The van der Waals surface area contributed by atoms with Crippen molar-refractivity contribution in [3.63, 3.8) is 0 Å². The molecule has 2 aliphatic heterocycles. The maximum absolute atomic E-state index is 11.5. The summed E-state index contributed by atoms with van der Waals surface area (Å²) in [5, 5.41) is 12.1. The number of hydrogen-bond acceptors (Lipinski definition) is 5. The van der Waals surface area contributed by atoms with Gasteiger partial charge >= 0.3 is 0 Å². The number of hydrogen-bond donors (Lipinski definition) is 3. The van der Waals surface area contributed by atoms with E-state index in [1.807, 2.05) is 6.07 Å². The minimum absolute atomic E-state index is 0.0304. The molecule has 114 valence electrons. The van der Waals surface area contributed by atoms with Gasteiger partial charge in [0.2, 0.25) is 0 Å². The van der Waals surface area contributed by atoms with Crippen LogP contribution in [0.2, 0.25) is 0 Å². The lowest BCUT2D eigenvalue weighted by Crippen LogP contribution is -2.40. The Kier molecular flexibility index (Phi) is 3.88. The third-order valence-corrected chi connectivity index (χ3v) is 4.16. The van der Waals surface area contributed by atoms with Gasteiger partial charge in [-0.1, -0.05) is 0 Å². The number of nitrogen functional groups attached to an aromatic ring is 1. The van der Waals surface area contributed by atoms with Gasteiger partial charge in [0, 0.05) is 25.3 Å². The predicted octanol–water partition coefficient (Wildman–Crippen LogP) is 1.34. The maximum atomic E-state index is 11.5. The van der Waals surface area contributed by atoms with Crippen LogP contribution in [0.3, 0.4) is 0 Å². The van der Waals surface area contributed by atoms with Gasteiger partial charge in [0.15, 0.2) is 6.61 Å². The summed E-state index contributed by atoms with van der Waals surface area (Å²) in [6, 6.07) is 3.95. The summed E-state index contributed by atoms with van der Waals surface area (Å²) in [6.07, 6.45) is 4.08. The van der Waals surface area contributed by atoms with E-state index >= 15 is 0 Å². The van der Waals surface area contributed by atoms with Crippen LogP contribution in [-0.4, -0.2) is 36.8 Å². The Morgan fingerprint density at radius 2 is 2.29 bits per heavy atom. The number of nitrogens with zero attached hydrogens (tertiary/aromatic N) is 1. The molecule has 3 rings (SSSR count). The lowest BCUT2D eigenvalue weighted by molar-refractivity contribution is -0.118. The first-order valence-electron chi connectivity index (χ1n) is 7.42. The maximum Gasteiger partial charge on any atom is 0.262 e. The van der Waals surface area contributed by atoms with Gasteiger partial charge in [0.05, 0.1) is 17.1 Å². The second kappa shape index (κ2) is 5.81. The molecule has 1 atom stereocenters. The number of nitrogens with one attached hydrogen (secondary N) is 1. The van der Waals surface area contributed by atoms with Crippen molar-refractivity contribution in [3.05, 3.63) is 12.1 Å². The second-order valence-corrected chi connectivity index (χ2v) is 5.60. The number of amides is 1. The van der Waals surface area contributed by atoms with Crippen molar-refractivity contribution >= 4 is 23.0 Å². The van der Waals surface area contributed by atoms with Gasteiger partial charge in [-0.3, -0.25) is 4.79 Å². The number of benzene rings is 1. The SMILES string of the molecule is Nc1cc2c(cc1N1CCCCC1CCO)NC(=O)CO2. The third-order valence-electron chi connectivity index (χ3n) is 4.16. The van der Waals surface area contributed by atoms with Crippen LogP contribution >= 0.6 is 0 Å². The smallest absolute Gasteiger partial charge is 0.262 e. The highest BCUT2D eigenvalue weighted by atomic mass is 16.5. The zero-order valence-electron chi connectivity index (χ0n) is 12.0. The van der Waals surface area contributed by atoms with Crippen LogP contribution in [0.4, 0.5) is 17.1 Å². The van der Waals surface area contributed by atoms with Crippen molar-refractivity contribution in [2.75, 3.05) is 35.7 Å². The number of aliphatic hydroxyl groups excluding tert-OH is 1. The zero-order valence-corrected chi connectivity index (χ0v) is 12.0. The van der Waals surface area contributed by atoms with E-state index in [4.69, 9.17) is 10.5 Å². The summed E-state index contributed by atoms with van der Waals surface area (Å²) in [7, 11) is 0. The molecule has 2 heterocycles. The molecule has 0 bridgehead atoms. The molecule has 0 radical (unpaired) electrons. The van der Waals surface area contributed by atoms with E-state index in [9.17, 15) is 9.90 Å². The molecule has 4 N–H and O–H groups in total. The molecule has 1 aromatic carbocycles. The van der Waals surface area contributed by atoms with Crippen LogP contribution in [0, 0.1) is 0 Å². The number of anilines is 3. The van der Waals surface area contributed by atoms with Gasteiger partial charge in [-0.2, -0.15) is 0 Å². The summed E-state index contributed by atoms with van der Waals surface area (Å²) in [5.74, 6) is 0.468. The van der Waals surface area contributed by atoms with Crippen LogP contribution < -0.4 is 20.7 Å². The summed E-state index contributed by atoms with van der Waals surface area (Å²) in [6.45, 7) is 1.12. The molecule has 1 saturated heterocycles. The number of carbonyl (C=O) groups is 1. The Morgan fingerprint density at radius 1 is 1.43 bits per heavy atom. The van der Waals surface area contributed by atoms with Gasteiger partial charge < -0.3 is 25.8 Å². The predicted molar refractivity (Wildman–Crippen MR) is 81.7 cm³/mol. The molecule has 1 unspecified atom stereocenters. The fraction of sp³-hybridized carbons (Fsp3) is 0.533. The summed E-state index contributed by atoms with van der Waals surface area (Å²) in [4.78, 5) is 13.7. The van der Waals surface area contributed by atoms with Crippen LogP contribution in [0.15, 0.2) is 12.1 Å². The number of fused-ring (bicyclic) bond motifs is 1. The highest BCUT2D eigenvalue weighted by molar-refractivity contribution is 5.97. The van der Waals surface area contributed by atoms with Crippen molar-refractivity contribution in [2.45, 2.75) is 31.7 Å². The summed E-state index contributed by atoms with van der Waals surface area (Å²) < 4.78 is 5.38. The number of ether oxygens (including phenoxy) is 1. The van der Waals surface area contributed by atoms with Crippen LogP contribution in [0.1, 0.15) is 25.7 Å². The molecule has 1 fully saturated rings. The fourth-order valence-electron chi connectivity index (χ4n) is 3.15. The first kappa shape index (κ1) is 14.0. The normalized spacial score (nSPS) is 21.5. The lowest BCUT2D eigenvalue weighted by atomic mass is 9.98. The van der Waals surface area contributed by atoms with E-state index < -0.39 is 0 Å². The van der Waals surface area contributed by atoms with E-state index in [1.165, 1.54) is 6.42 Å². The van der Waals surface area contributed by atoms with Gasteiger partial charge in [-0.15, -0.1) is 0 Å². The monoisotopic (exact) mass is 291 g/mol. The largest absolute Gasteiger partial charge is 0.482 e. The highest BCUT2D eigenvalue weighted by Gasteiger charge is 2.26. The van der Waals surface area contributed by atoms with E-state index in [0.717, 1.165) is 31.5 Å². The molecule has 1 aromatic rings. The molecule has 2 aliphatic rings. The fourth-order valence-corrected chi connectivity index (χ4v) is 3.15. The molecule has 0 spiro atoms. The van der Waals surface area contributed by atoms with Gasteiger partial charge in [-0.25, -0.2) is 0 Å². The first-order valence-corrected chi connectivity index (χ1v) is 7.42. The highest BCUT2D eigenvalue weighted by Crippen LogP contribution is 2.39. The molecule has 6 nitrogen and oxygen atoms in total. The summed E-state index contributed by atoms with van der Waals surface area (Å²) >= 11 is 0. The van der Waals surface area contributed by atoms with E-state index in [-0.39, 0.29) is 19.1 Å². The first-order chi connectivity index (χ1) is 10.2. The Hall–Kier alpha value is -1.95. The third kappa shape index (κ3) is 2.76. The van der Waals surface area contributed by atoms with Crippen molar-refractivity contribution < 1.29 is 14.6 Å². The molecule has 0 aromatic heterocycles. The Labute approximate surface area is 123 Å². The minimum atomic E-state index is -0.149. The molecule has 21 heavy (non-hydrogen) atoms. The Bertz CT molecular complexity index is 545. The number of carbonyl (C=O) groups excluding carboxylic acids is 1. The van der Waals surface area contributed by atoms with Gasteiger partial charge in [0.1, 0.15) is 5.75 Å². The zero-order chi connectivity index (χ0) is 14.8. The van der Waals surface area contributed by atoms with E-state index in [1.54, 1.807) is 6.07 Å². The standard InChI is InChI=1S/C15H21N3O3/c16-11-7-14-12(17-15(20)9-21-14)8-13(11)18-5-2-1-3-10(18)4-6-19/h7-8,10,19H,1-6,9,16H2,(H,17,20). The molecule has 1 amide bonds. The second-order valence-electron chi connectivity index (χ2n) is 5.60. The average Bonchev–Trinajstić information content (AvgIpc) is 2.48. The Morgan fingerprint density at radius 3 is 3.10 bits per heavy atom. The molecule has 6 heteroatoms.